The Balaban J connectivity index is 1.60. The van der Waals surface area contributed by atoms with Crippen molar-refractivity contribution < 1.29 is 13.2 Å². The highest BCUT2D eigenvalue weighted by Gasteiger charge is 2.31. The van der Waals surface area contributed by atoms with E-state index in [2.05, 4.69) is 25.8 Å². The molecule has 0 spiro atoms. The molecule has 0 radical (unpaired) electrons. The van der Waals surface area contributed by atoms with Gasteiger partial charge >= 0.3 is 6.18 Å². The predicted molar refractivity (Wildman–Crippen MR) is 129 cm³/mol. The highest BCUT2D eigenvalue weighted by atomic mass is 35.5. The fourth-order valence-corrected chi connectivity index (χ4v) is 4.52. The predicted octanol–water partition coefficient (Wildman–Crippen LogP) is 0.712. The number of nitrogens with zero attached hydrogens (tertiary/aromatic N) is 5. The standard InChI is InChI=1S/C20H29ClF3N11/c21-15-3-10(20(22,23)24)1-2-16(15)32-33-17-29-18(34-6-11(25)4-12(26)7-34)31-19(30-17)35-8-13(27)5-14(28)9-35/h1-3,11-14,32H,4-9,25-28H2,(H,29,30,31,33)/t11-,12+,13-,14+. The van der Waals surface area contributed by atoms with Gasteiger partial charge in [-0.3, -0.25) is 10.9 Å². The van der Waals surface area contributed by atoms with Crippen molar-refractivity contribution in [2.75, 3.05) is 46.8 Å². The zero-order valence-electron chi connectivity index (χ0n) is 18.8. The van der Waals surface area contributed by atoms with Gasteiger partial charge in [-0.2, -0.15) is 28.1 Å². The van der Waals surface area contributed by atoms with E-state index in [1.54, 1.807) is 0 Å². The molecule has 3 heterocycles. The summed E-state index contributed by atoms with van der Waals surface area (Å²) in [5.41, 5.74) is 29.5. The number of hydrogen-bond donors (Lipinski definition) is 6. The molecule has 0 unspecified atom stereocenters. The third kappa shape index (κ3) is 6.32. The summed E-state index contributed by atoms with van der Waals surface area (Å²) in [6, 6.07) is 2.41. The Bertz CT molecular complexity index is 976. The highest BCUT2D eigenvalue weighted by Crippen LogP contribution is 2.33. The van der Waals surface area contributed by atoms with E-state index in [0.29, 0.717) is 50.9 Å². The van der Waals surface area contributed by atoms with Crippen LogP contribution in [-0.4, -0.2) is 65.3 Å². The van der Waals surface area contributed by atoms with Crippen molar-refractivity contribution in [3.8, 4) is 0 Å². The number of alkyl halides is 3. The normalized spacial score (nSPS) is 25.5. The molecule has 4 rings (SSSR count). The lowest BCUT2D eigenvalue weighted by atomic mass is 10.0. The van der Waals surface area contributed by atoms with Crippen molar-refractivity contribution in [1.29, 1.82) is 0 Å². The fourth-order valence-electron chi connectivity index (χ4n) is 4.29. The minimum Gasteiger partial charge on any atom is -0.338 e. The average Bonchev–Trinajstić information content (AvgIpc) is 2.76. The molecule has 0 amide bonds. The van der Waals surface area contributed by atoms with Crippen molar-refractivity contribution in [2.45, 2.75) is 43.2 Å². The summed E-state index contributed by atoms with van der Waals surface area (Å²) in [7, 11) is 0. The summed E-state index contributed by atoms with van der Waals surface area (Å²) >= 11 is 6.04. The molecule has 1 aromatic carbocycles. The van der Waals surface area contributed by atoms with Gasteiger partial charge in [0.1, 0.15) is 0 Å². The Morgan fingerprint density at radius 2 is 1.29 bits per heavy atom. The number of piperidine rings is 2. The van der Waals surface area contributed by atoms with Crippen molar-refractivity contribution >= 4 is 35.1 Å². The highest BCUT2D eigenvalue weighted by molar-refractivity contribution is 6.33. The summed E-state index contributed by atoms with van der Waals surface area (Å²) in [5, 5.41) is -0.122. The smallest absolute Gasteiger partial charge is 0.338 e. The lowest BCUT2D eigenvalue weighted by Crippen LogP contribution is -2.54. The number of benzene rings is 1. The van der Waals surface area contributed by atoms with Crippen LogP contribution in [0.4, 0.5) is 36.7 Å². The van der Waals surface area contributed by atoms with E-state index in [4.69, 9.17) is 34.5 Å². The van der Waals surface area contributed by atoms with Crippen LogP contribution in [0.2, 0.25) is 5.02 Å². The number of aromatic nitrogens is 3. The Kier molecular flexibility index (Phi) is 7.38. The first kappa shape index (κ1) is 25.4. The van der Waals surface area contributed by atoms with Crippen LogP contribution in [0.1, 0.15) is 18.4 Å². The van der Waals surface area contributed by atoms with Crippen LogP contribution in [0.15, 0.2) is 18.2 Å². The second-order valence-corrected chi connectivity index (χ2v) is 9.43. The largest absolute Gasteiger partial charge is 0.416 e. The van der Waals surface area contributed by atoms with Gasteiger partial charge in [0, 0.05) is 50.3 Å². The van der Waals surface area contributed by atoms with Gasteiger partial charge in [0.05, 0.1) is 16.3 Å². The van der Waals surface area contributed by atoms with Gasteiger partial charge in [0.25, 0.3) is 0 Å². The van der Waals surface area contributed by atoms with Crippen molar-refractivity contribution in [3.05, 3.63) is 28.8 Å². The number of hydrogen-bond acceptors (Lipinski definition) is 11. The van der Waals surface area contributed by atoms with Crippen LogP contribution in [-0.2, 0) is 6.18 Å². The third-order valence-corrected chi connectivity index (χ3v) is 6.13. The first-order valence-electron chi connectivity index (χ1n) is 11.1. The van der Waals surface area contributed by atoms with Gasteiger partial charge < -0.3 is 32.7 Å². The molecule has 2 aliphatic heterocycles. The second kappa shape index (κ2) is 10.1. The number of halogens is 4. The van der Waals surface area contributed by atoms with E-state index in [1.807, 2.05) is 9.80 Å². The van der Waals surface area contributed by atoms with Gasteiger partial charge in [0.2, 0.25) is 17.8 Å². The first-order valence-corrected chi connectivity index (χ1v) is 11.5. The molecule has 2 saturated heterocycles. The van der Waals surface area contributed by atoms with Gasteiger partial charge in [-0.1, -0.05) is 11.6 Å². The molecule has 0 saturated carbocycles. The average molecular weight is 516 g/mol. The lowest BCUT2D eigenvalue weighted by molar-refractivity contribution is -0.137. The molecule has 4 atom stereocenters. The Hall–Kier alpha value is -2.65. The van der Waals surface area contributed by atoms with Gasteiger partial charge in [0.15, 0.2) is 0 Å². The zero-order chi connectivity index (χ0) is 25.3. The van der Waals surface area contributed by atoms with E-state index < -0.39 is 11.7 Å². The van der Waals surface area contributed by atoms with E-state index in [0.717, 1.165) is 12.1 Å². The van der Waals surface area contributed by atoms with Crippen molar-refractivity contribution in [1.82, 2.24) is 15.0 Å². The molecular formula is C20H29ClF3N11. The Labute approximate surface area is 205 Å². The van der Waals surface area contributed by atoms with Crippen LogP contribution in [0.5, 0.6) is 0 Å². The Morgan fingerprint density at radius 3 is 1.71 bits per heavy atom. The number of hydrazine groups is 1. The van der Waals surface area contributed by atoms with Crippen LogP contribution >= 0.6 is 11.6 Å². The zero-order valence-corrected chi connectivity index (χ0v) is 19.6. The number of anilines is 4. The maximum Gasteiger partial charge on any atom is 0.416 e. The van der Waals surface area contributed by atoms with Crippen LogP contribution in [0.25, 0.3) is 0 Å². The second-order valence-electron chi connectivity index (χ2n) is 9.02. The summed E-state index contributed by atoms with van der Waals surface area (Å²) < 4.78 is 38.8. The summed E-state index contributed by atoms with van der Waals surface area (Å²) in [6.45, 7) is 2.03. The summed E-state index contributed by atoms with van der Waals surface area (Å²) in [6.07, 6.45) is -3.13. The topological polar surface area (TPSA) is 173 Å². The maximum absolute atomic E-state index is 12.9. The molecule has 0 aliphatic carbocycles. The molecule has 2 fully saturated rings. The van der Waals surface area contributed by atoms with E-state index >= 15 is 0 Å². The van der Waals surface area contributed by atoms with Crippen LogP contribution < -0.4 is 43.6 Å². The molecule has 0 bridgehead atoms. The third-order valence-electron chi connectivity index (χ3n) is 5.81. The van der Waals surface area contributed by atoms with Crippen molar-refractivity contribution in [3.63, 3.8) is 0 Å². The molecule has 1 aromatic heterocycles. The van der Waals surface area contributed by atoms with Crippen molar-refractivity contribution in [2.24, 2.45) is 22.9 Å². The number of nitrogens with two attached hydrogens (primary N) is 4. The monoisotopic (exact) mass is 515 g/mol. The molecule has 35 heavy (non-hydrogen) atoms. The fraction of sp³-hybridized carbons (Fsp3) is 0.550. The molecular weight excluding hydrogens is 487 g/mol. The van der Waals surface area contributed by atoms with E-state index in [-0.39, 0.29) is 40.8 Å². The molecule has 15 heteroatoms. The molecule has 2 aromatic rings. The number of nitrogens with one attached hydrogen (secondary N) is 2. The van der Waals surface area contributed by atoms with Crippen LogP contribution in [0, 0.1) is 0 Å². The van der Waals surface area contributed by atoms with Gasteiger partial charge in [-0.25, -0.2) is 0 Å². The SMILES string of the molecule is N[C@@H]1C[C@H](N)CN(c2nc(NNc3ccc(C(F)(F)F)cc3Cl)nc(N3C[C@H](N)C[C@H](N)C3)n2)C1. The molecule has 11 nitrogen and oxygen atoms in total. The Morgan fingerprint density at radius 1 is 0.800 bits per heavy atom. The summed E-state index contributed by atoms with van der Waals surface area (Å²) in [5.74, 6) is 0.841. The molecule has 10 N–H and O–H groups in total. The van der Waals surface area contributed by atoms with E-state index in [9.17, 15) is 13.2 Å². The van der Waals surface area contributed by atoms with Crippen LogP contribution in [0.3, 0.4) is 0 Å². The minimum atomic E-state index is -4.50. The molecule has 192 valence electrons. The number of rotatable bonds is 5. The minimum absolute atomic E-state index is 0.122. The summed E-state index contributed by atoms with van der Waals surface area (Å²) in [4.78, 5) is 17.3. The lowest BCUT2D eigenvalue weighted by Gasteiger charge is -2.37. The van der Waals surface area contributed by atoms with Gasteiger partial charge in [-0.15, -0.1) is 0 Å². The van der Waals surface area contributed by atoms with Gasteiger partial charge in [-0.05, 0) is 31.0 Å². The first-order chi connectivity index (χ1) is 16.5. The van der Waals surface area contributed by atoms with E-state index in [1.165, 1.54) is 6.07 Å². The maximum atomic E-state index is 12.9. The quantitative estimate of drug-likeness (QED) is 0.309. The molecule has 2 aliphatic rings.